The van der Waals surface area contributed by atoms with E-state index in [-0.39, 0.29) is 24.9 Å². The molecule has 0 unspecified atom stereocenters. The summed E-state index contributed by atoms with van der Waals surface area (Å²) >= 11 is 0. The summed E-state index contributed by atoms with van der Waals surface area (Å²) in [4.78, 5) is 11.3. The number of nitrogens with two attached hydrogens (primary N) is 1. The largest absolute Gasteiger partial charge is 0.324 e. The molecule has 0 aromatic heterocycles. The van der Waals surface area contributed by atoms with E-state index in [0.717, 1.165) is 16.8 Å². The monoisotopic (exact) mass is 242 g/mol. The van der Waals surface area contributed by atoms with Crippen molar-refractivity contribution in [2.24, 2.45) is 5.73 Å². The summed E-state index contributed by atoms with van der Waals surface area (Å²) in [5.74, 6) is 0.240. The SMILES string of the molecule is Cc1cccc(C(C)C)c1NC(=O)CN.Cl. The molecule has 4 heteroatoms. The Morgan fingerprint density at radius 1 is 1.44 bits per heavy atom. The number of anilines is 1. The summed E-state index contributed by atoms with van der Waals surface area (Å²) in [5.41, 5.74) is 8.41. The topological polar surface area (TPSA) is 55.1 Å². The molecule has 1 amide bonds. The van der Waals surface area contributed by atoms with Gasteiger partial charge in [-0.05, 0) is 24.0 Å². The first-order chi connectivity index (χ1) is 7.06. The molecule has 90 valence electrons. The fraction of sp³-hybridized carbons (Fsp3) is 0.417. The van der Waals surface area contributed by atoms with Crippen LogP contribution in [0.1, 0.15) is 30.9 Å². The number of amides is 1. The molecule has 16 heavy (non-hydrogen) atoms. The first-order valence-electron chi connectivity index (χ1n) is 5.15. The predicted octanol–water partition coefficient (Wildman–Crippen LogP) is 2.44. The van der Waals surface area contributed by atoms with Crippen molar-refractivity contribution in [2.75, 3.05) is 11.9 Å². The Labute approximate surface area is 103 Å². The Hall–Kier alpha value is -1.06. The normalized spacial score (nSPS) is 9.81. The smallest absolute Gasteiger partial charge is 0.238 e. The lowest BCUT2D eigenvalue weighted by Gasteiger charge is -2.15. The quantitative estimate of drug-likeness (QED) is 0.856. The molecule has 0 spiro atoms. The lowest BCUT2D eigenvalue weighted by molar-refractivity contribution is -0.114. The molecule has 3 N–H and O–H groups in total. The molecule has 0 saturated heterocycles. The number of hydrogen-bond acceptors (Lipinski definition) is 2. The van der Waals surface area contributed by atoms with Gasteiger partial charge < -0.3 is 11.1 Å². The van der Waals surface area contributed by atoms with Crippen LogP contribution < -0.4 is 11.1 Å². The zero-order valence-corrected chi connectivity index (χ0v) is 10.7. The van der Waals surface area contributed by atoms with Crippen molar-refractivity contribution in [3.63, 3.8) is 0 Å². The number of hydrogen-bond donors (Lipinski definition) is 2. The first kappa shape index (κ1) is 14.9. The van der Waals surface area contributed by atoms with E-state index in [1.54, 1.807) is 0 Å². The fourth-order valence-electron chi connectivity index (χ4n) is 1.53. The highest BCUT2D eigenvalue weighted by molar-refractivity contribution is 5.93. The van der Waals surface area contributed by atoms with Crippen molar-refractivity contribution in [1.82, 2.24) is 0 Å². The summed E-state index contributed by atoms with van der Waals surface area (Å²) in [7, 11) is 0. The summed E-state index contributed by atoms with van der Waals surface area (Å²) in [6, 6.07) is 6.02. The minimum Gasteiger partial charge on any atom is -0.324 e. The van der Waals surface area contributed by atoms with Gasteiger partial charge in [-0.15, -0.1) is 12.4 Å². The van der Waals surface area contributed by atoms with Crippen LogP contribution in [0.2, 0.25) is 0 Å². The standard InChI is InChI=1S/C12H18N2O.ClH/c1-8(2)10-6-4-5-9(3)12(10)14-11(15)7-13;/h4-6,8H,7,13H2,1-3H3,(H,14,15);1H. The zero-order valence-electron chi connectivity index (χ0n) is 9.91. The van der Waals surface area contributed by atoms with Crippen LogP contribution in [-0.4, -0.2) is 12.5 Å². The molecule has 1 rings (SSSR count). The maximum absolute atomic E-state index is 11.3. The van der Waals surface area contributed by atoms with Crippen LogP contribution in [-0.2, 0) is 4.79 Å². The van der Waals surface area contributed by atoms with Gasteiger partial charge in [0.2, 0.25) is 5.91 Å². The second kappa shape index (κ2) is 6.51. The van der Waals surface area contributed by atoms with E-state index in [2.05, 4.69) is 19.2 Å². The molecule has 0 aliphatic carbocycles. The molecule has 1 aromatic rings. The Balaban J connectivity index is 0.00000225. The summed E-state index contributed by atoms with van der Waals surface area (Å²) in [6.45, 7) is 6.21. The third-order valence-electron chi connectivity index (χ3n) is 2.38. The number of carbonyl (C=O) groups is 1. The van der Waals surface area contributed by atoms with Crippen LogP contribution in [0.25, 0.3) is 0 Å². The second-order valence-corrected chi connectivity index (χ2v) is 3.95. The molecule has 0 radical (unpaired) electrons. The highest BCUT2D eigenvalue weighted by atomic mass is 35.5. The lowest BCUT2D eigenvalue weighted by atomic mass is 9.98. The molecular formula is C12H19ClN2O. The van der Waals surface area contributed by atoms with Crippen molar-refractivity contribution in [1.29, 1.82) is 0 Å². The highest BCUT2D eigenvalue weighted by Crippen LogP contribution is 2.27. The average molecular weight is 243 g/mol. The summed E-state index contributed by atoms with van der Waals surface area (Å²) in [5, 5.41) is 2.85. The van der Waals surface area contributed by atoms with Crippen LogP contribution in [0.3, 0.4) is 0 Å². The van der Waals surface area contributed by atoms with Gasteiger partial charge in [-0.3, -0.25) is 4.79 Å². The number of benzene rings is 1. The molecule has 0 saturated carbocycles. The number of aryl methyl sites for hydroxylation is 1. The summed E-state index contributed by atoms with van der Waals surface area (Å²) < 4.78 is 0. The van der Waals surface area contributed by atoms with Gasteiger partial charge >= 0.3 is 0 Å². The minimum atomic E-state index is -0.147. The van der Waals surface area contributed by atoms with Crippen LogP contribution in [0.15, 0.2) is 18.2 Å². The molecule has 0 aliphatic rings. The Morgan fingerprint density at radius 2 is 2.06 bits per heavy atom. The van der Waals surface area contributed by atoms with E-state index >= 15 is 0 Å². The molecule has 0 heterocycles. The predicted molar refractivity (Wildman–Crippen MR) is 70.2 cm³/mol. The van der Waals surface area contributed by atoms with Gasteiger partial charge in [0.15, 0.2) is 0 Å². The van der Waals surface area contributed by atoms with Gasteiger partial charge in [-0.1, -0.05) is 32.0 Å². The van der Waals surface area contributed by atoms with Crippen molar-refractivity contribution in [3.05, 3.63) is 29.3 Å². The van der Waals surface area contributed by atoms with Gasteiger partial charge in [-0.25, -0.2) is 0 Å². The lowest BCUT2D eigenvalue weighted by Crippen LogP contribution is -2.23. The minimum absolute atomic E-state index is 0. The molecule has 0 bridgehead atoms. The Bertz CT molecular complexity index is 364. The van der Waals surface area contributed by atoms with Gasteiger partial charge in [-0.2, -0.15) is 0 Å². The fourth-order valence-corrected chi connectivity index (χ4v) is 1.53. The molecule has 0 fully saturated rings. The molecular weight excluding hydrogens is 224 g/mol. The molecule has 0 aliphatic heterocycles. The average Bonchev–Trinajstić information content (AvgIpc) is 2.20. The van der Waals surface area contributed by atoms with Crippen LogP contribution in [0.5, 0.6) is 0 Å². The van der Waals surface area contributed by atoms with Crippen molar-refractivity contribution in [2.45, 2.75) is 26.7 Å². The number of halogens is 1. The number of para-hydroxylation sites is 1. The third kappa shape index (κ3) is 3.51. The Morgan fingerprint density at radius 3 is 2.56 bits per heavy atom. The van der Waals surface area contributed by atoms with Crippen LogP contribution in [0, 0.1) is 6.92 Å². The van der Waals surface area contributed by atoms with Gasteiger partial charge in [0.1, 0.15) is 0 Å². The van der Waals surface area contributed by atoms with E-state index < -0.39 is 0 Å². The van der Waals surface area contributed by atoms with E-state index in [1.807, 2.05) is 25.1 Å². The first-order valence-corrected chi connectivity index (χ1v) is 5.15. The van der Waals surface area contributed by atoms with Crippen LogP contribution in [0.4, 0.5) is 5.69 Å². The highest BCUT2D eigenvalue weighted by Gasteiger charge is 2.10. The molecule has 1 aromatic carbocycles. The van der Waals surface area contributed by atoms with E-state index in [9.17, 15) is 4.79 Å². The zero-order chi connectivity index (χ0) is 11.4. The maximum atomic E-state index is 11.3. The van der Waals surface area contributed by atoms with Gasteiger partial charge in [0, 0.05) is 5.69 Å². The Kier molecular flexibility index (Phi) is 6.08. The number of nitrogens with one attached hydrogen (secondary N) is 1. The number of carbonyl (C=O) groups excluding carboxylic acids is 1. The van der Waals surface area contributed by atoms with E-state index in [0.29, 0.717) is 5.92 Å². The van der Waals surface area contributed by atoms with Crippen molar-refractivity contribution in [3.8, 4) is 0 Å². The molecule has 0 atom stereocenters. The second-order valence-electron chi connectivity index (χ2n) is 3.95. The van der Waals surface area contributed by atoms with Gasteiger partial charge in [0.25, 0.3) is 0 Å². The van der Waals surface area contributed by atoms with Crippen molar-refractivity contribution >= 4 is 24.0 Å². The van der Waals surface area contributed by atoms with Crippen LogP contribution >= 0.6 is 12.4 Å². The maximum Gasteiger partial charge on any atom is 0.238 e. The summed E-state index contributed by atoms with van der Waals surface area (Å²) in [6.07, 6.45) is 0. The van der Waals surface area contributed by atoms with Crippen molar-refractivity contribution < 1.29 is 4.79 Å². The third-order valence-corrected chi connectivity index (χ3v) is 2.38. The number of rotatable bonds is 3. The molecule has 3 nitrogen and oxygen atoms in total. The van der Waals surface area contributed by atoms with E-state index in [1.165, 1.54) is 0 Å². The van der Waals surface area contributed by atoms with E-state index in [4.69, 9.17) is 5.73 Å². The van der Waals surface area contributed by atoms with Gasteiger partial charge in [0.05, 0.1) is 6.54 Å².